The SMILES string of the molecule is Cc1ccc(CNC(=O)CN2CCC(CN)CC2)cc1. The van der Waals surface area contributed by atoms with E-state index < -0.39 is 0 Å². The molecular formula is C16H25N3O. The molecule has 0 spiro atoms. The van der Waals surface area contributed by atoms with E-state index in [0.29, 0.717) is 19.0 Å². The van der Waals surface area contributed by atoms with Crippen molar-refractivity contribution in [2.45, 2.75) is 26.3 Å². The van der Waals surface area contributed by atoms with E-state index in [1.165, 1.54) is 5.56 Å². The van der Waals surface area contributed by atoms with Crippen LogP contribution in [0.2, 0.25) is 0 Å². The van der Waals surface area contributed by atoms with E-state index in [0.717, 1.165) is 38.0 Å². The van der Waals surface area contributed by atoms with Gasteiger partial charge in [0.1, 0.15) is 0 Å². The molecular weight excluding hydrogens is 250 g/mol. The van der Waals surface area contributed by atoms with Crippen LogP contribution < -0.4 is 11.1 Å². The summed E-state index contributed by atoms with van der Waals surface area (Å²) < 4.78 is 0. The number of hydrogen-bond donors (Lipinski definition) is 2. The number of nitrogens with two attached hydrogens (primary N) is 1. The fourth-order valence-corrected chi connectivity index (χ4v) is 2.55. The van der Waals surface area contributed by atoms with Gasteiger partial charge in [-0.25, -0.2) is 0 Å². The number of piperidine rings is 1. The van der Waals surface area contributed by atoms with Gasteiger partial charge < -0.3 is 11.1 Å². The lowest BCUT2D eigenvalue weighted by Gasteiger charge is -2.30. The first kappa shape index (κ1) is 15.0. The Morgan fingerprint density at radius 2 is 1.95 bits per heavy atom. The smallest absolute Gasteiger partial charge is 0.234 e. The molecule has 110 valence electrons. The highest BCUT2D eigenvalue weighted by Gasteiger charge is 2.19. The second-order valence-electron chi connectivity index (χ2n) is 5.72. The van der Waals surface area contributed by atoms with Gasteiger partial charge in [0, 0.05) is 6.54 Å². The van der Waals surface area contributed by atoms with Gasteiger partial charge in [-0.1, -0.05) is 29.8 Å². The first-order chi connectivity index (χ1) is 9.67. The summed E-state index contributed by atoms with van der Waals surface area (Å²) >= 11 is 0. The predicted octanol–water partition coefficient (Wildman–Crippen LogP) is 1.28. The van der Waals surface area contributed by atoms with Crippen molar-refractivity contribution < 1.29 is 4.79 Å². The summed E-state index contributed by atoms with van der Waals surface area (Å²) in [4.78, 5) is 14.1. The lowest BCUT2D eigenvalue weighted by Crippen LogP contribution is -2.42. The molecule has 0 aliphatic carbocycles. The minimum absolute atomic E-state index is 0.108. The topological polar surface area (TPSA) is 58.4 Å². The molecule has 3 N–H and O–H groups in total. The third-order valence-electron chi connectivity index (χ3n) is 4.02. The van der Waals surface area contributed by atoms with Gasteiger partial charge in [-0.15, -0.1) is 0 Å². The van der Waals surface area contributed by atoms with E-state index in [-0.39, 0.29) is 5.91 Å². The van der Waals surface area contributed by atoms with Crippen molar-refractivity contribution in [3.05, 3.63) is 35.4 Å². The van der Waals surface area contributed by atoms with Gasteiger partial charge in [-0.3, -0.25) is 9.69 Å². The molecule has 1 saturated heterocycles. The van der Waals surface area contributed by atoms with Crippen molar-refractivity contribution in [1.82, 2.24) is 10.2 Å². The monoisotopic (exact) mass is 275 g/mol. The van der Waals surface area contributed by atoms with Crippen molar-refractivity contribution in [1.29, 1.82) is 0 Å². The Morgan fingerprint density at radius 1 is 1.30 bits per heavy atom. The van der Waals surface area contributed by atoms with Gasteiger partial charge in [-0.05, 0) is 50.9 Å². The molecule has 0 bridgehead atoms. The summed E-state index contributed by atoms with van der Waals surface area (Å²) in [5, 5.41) is 2.99. The van der Waals surface area contributed by atoms with Crippen molar-refractivity contribution in [2.75, 3.05) is 26.2 Å². The van der Waals surface area contributed by atoms with Crippen LogP contribution in [0.4, 0.5) is 0 Å². The van der Waals surface area contributed by atoms with E-state index in [1.807, 2.05) is 0 Å². The number of rotatable bonds is 5. The van der Waals surface area contributed by atoms with Gasteiger partial charge in [0.05, 0.1) is 6.54 Å². The molecule has 0 saturated carbocycles. The highest BCUT2D eigenvalue weighted by Crippen LogP contribution is 2.15. The summed E-state index contributed by atoms with van der Waals surface area (Å²) in [6.45, 7) is 5.92. The number of aryl methyl sites for hydroxylation is 1. The number of carbonyl (C=O) groups excluding carboxylic acids is 1. The molecule has 4 heteroatoms. The van der Waals surface area contributed by atoms with Gasteiger partial charge in [0.15, 0.2) is 0 Å². The first-order valence-electron chi connectivity index (χ1n) is 7.42. The number of nitrogens with one attached hydrogen (secondary N) is 1. The molecule has 1 amide bonds. The molecule has 2 rings (SSSR count). The fourth-order valence-electron chi connectivity index (χ4n) is 2.55. The number of likely N-dealkylation sites (tertiary alicyclic amines) is 1. The fraction of sp³-hybridized carbons (Fsp3) is 0.562. The van der Waals surface area contributed by atoms with E-state index in [9.17, 15) is 4.79 Å². The van der Waals surface area contributed by atoms with E-state index in [1.54, 1.807) is 0 Å². The lowest BCUT2D eigenvalue weighted by molar-refractivity contribution is -0.122. The molecule has 1 heterocycles. The number of carbonyl (C=O) groups is 1. The molecule has 4 nitrogen and oxygen atoms in total. The molecule has 1 aliphatic rings. The van der Waals surface area contributed by atoms with Crippen molar-refractivity contribution >= 4 is 5.91 Å². The number of amides is 1. The van der Waals surface area contributed by atoms with Crippen molar-refractivity contribution in [3.8, 4) is 0 Å². The average Bonchev–Trinajstić information content (AvgIpc) is 2.47. The second-order valence-corrected chi connectivity index (χ2v) is 5.72. The zero-order valence-electron chi connectivity index (χ0n) is 12.3. The predicted molar refractivity (Wildman–Crippen MR) is 81.2 cm³/mol. The minimum atomic E-state index is 0.108. The summed E-state index contributed by atoms with van der Waals surface area (Å²) in [6, 6.07) is 8.25. The first-order valence-corrected chi connectivity index (χ1v) is 7.42. The molecule has 0 atom stereocenters. The van der Waals surface area contributed by atoms with Crippen LogP contribution in [0.3, 0.4) is 0 Å². The summed E-state index contributed by atoms with van der Waals surface area (Å²) in [7, 11) is 0. The number of hydrogen-bond acceptors (Lipinski definition) is 3. The van der Waals surface area contributed by atoms with E-state index in [2.05, 4.69) is 41.4 Å². The van der Waals surface area contributed by atoms with Crippen LogP contribution in [-0.2, 0) is 11.3 Å². The molecule has 1 aromatic rings. The van der Waals surface area contributed by atoms with E-state index >= 15 is 0 Å². The summed E-state index contributed by atoms with van der Waals surface area (Å²) in [5.74, 6) is 0.749. The molecule has 0 aromatic heterocycles. The highest BCUT2D eigenvalue weighted by atomic mass is 16.2. The number of benzene rings is 1. The van der Waals surface area contributed by atoms with E-state index in [4.69, 9.17) is 5.73 Å². The quantitative estimate of drug-likeness (QED) is 0.851. The third kappa shape index (κ3) is 4.62. The van der Waals surface area contributed by atoms with Crippen LogP contribution in [0, 0.1) is 12.8 Å². The molecule has 1 aromatic carbocycles. The Kier molecular flexibility index (Phi) is 5.56. The van der Waals surface area contributed by atoms with Gasteiger partial charge in [0.25, 0.3) is 0 Å². The average molecular weight is 275 g/mol. The molecule has 0 unspecified atom stereocenters. The zero-order valence-corrected chi connectivity index (χ0v) is 12.3. The standard InChI is InChI=1S/C16H25N3O/c1-13-2-4-15(5-3-13)11-18-16(20)12-19-8-6-14(10-17)7-9-19/h2-5,14H,6-12,17H2,1H3,(H,18,20). The Hall–Kier alpha value is -1.39. The minimum Gasteiger partial charge on any atom is -0.351 e. The third-order valence-corrected chi connectivity index (χ3v) is 4.02. The van der Waals surface area contributed by atoms with Crippen LogP contribution in [-0.4, -0.2) is 37.0 Å². The maximum Gasteiger partial charge on any atom is 0.234 e. The Balaban J connectivity index is 1.69. The second kappa shape index (κ2) is 7.41. The van der Waals surface area contributed by atoms with Crippen LogP contribution in [0.5, 0.6) is 0 Å². The molecule has 1 aliphatic heterocycles. The maximum atomic E-state index is 11.9. The van der Waals surface area contributed by atoms with Crippen LogP contribution in [0.25, 0.3) is 0 Å². The Morgan fingerprint density at radius 3 is 2.55 bits per heavy atom. The summed E-state index contributed by atoms with van der Waals surface area (Å²) in [5.41, 5.74) is 8.06. The largest absolute Gasteiger partial charge is 0.351 e. The molecule has 0 radical (unpaired) electrons. The van der Waals surface area contributed by atoms with Gasteiger partial charge in [-0.2, -0.15) is 0 Å². The van der Waals surface area contributed by atoms with Crippen molar-refractivity contribution in [2.24, 2.45) is 11.7 Å². The number of nitrogens with zero attached hydrogens (tertiary/aromatic N) is 1. The lowest BCUT2D eigenvalue weighted by atomic mass is 9.97. The van der Waals surface area contributed by atoms with Crippen LogP contribution >= 0.6 is 0 Å². The normalized spacial score (nSPS) is 17.1. The Labute approximate surface area is 121 Å². The van der Waals surface area contributed by atoms with Crippen molar-refractivity contribution in [3.63, 3.8) is 0 Å². The Bertz CT molecular complexity index is 422. The van der Waals surface area contributed by atoms with Crippen LogP contribution in [0.1, 0.15) is 24.0 Å². The highest BCUT2D eigenvalue weighted by molar-refractivity contribution is 5.78. The van der Waals surface area contributed by atoms with Gasteiger partial charge in [0.2, 0.25) is 5.91 Å². The zero-order chi connectivity index (χ0) is 14.4. The molecule has 1 fully saturated rings. The van der Waals surface area contributed by atoms with Crippen LogP contribution in [0.15, 0.2) is 24.3 Å². The molecule has 20 heavy (non-hydrogen) atoms. The summed E-state index contributed by atoms with van der Waals surface area (Å²) in [6.07, 6.45) is 2.23. The maximum absolute atomic E-state index is 11.9. The van der Waals surface area contributed by atoms with Gasteiger partial charge >= 0.3 is 0 Å².